The molecule has 154 valence electrons. The number of aromatic nitrogens is 2. The molecule has 0 aliphatic carbocycles. The highest BCUT2D eigenvalue weighted by molar-refractivity contribution is 6.18. The molecule has 7 heteroatoms. The first-order valence-electron chi connectivity index (χ1n) is 9.31. The van der Waals surface area contributed by atoms with Crippen LogP contribution in [0.1, 0.15) is 16.2 Å². The Hall–Kier alpha value is -3.74. The van der Waals surface area contributed by atoms with Crippen molar-refractivity contribution in [2.24, 2.45) is 0 Å². The second kappa shape index (κ2) is 7.59. The van der Waals surface area contributed by atoms with E-state index in [-0.39, 0.29) is 5.91 Å². The molecule has 0 saturated heterocycles. The number of rotatable bonds is 5. The molecule has 0 aliphatic heterocycles. The normalized spacial score (nSPS) is 11.0. The number of carbonyl (C=O) groups excluding carboxylic acids is 1. The maximum atomic E-state index is 13.4. The molecule has 0 aliphatic rings. The van der Waals surface area contributed by atoms with Crippen LogP contribution >= 0.6 is 0 Å². The predicted octanol–water partition coefficient (Wildman–Crippen LogP) is 4.22. The number of hydrogen-bond donors (Lipinski definition) is 0. The van der Waals surface area contributed by atoms with E-state index in [2.05, 4.69) is 4.98 Å². The highest BCUT2D eigenvalue weighted by Crippen LogP contribution is 2.41. The Labute approximate surface area is 173 Å². The van der Waals surface area contributed by atoms with Gasteiger partial charge < -0.3 is 18.9 Å². The van der Waals surface area contributed by atoms with E-state index in [1.807, 2.05) is 30.3 Å². The lowest BCUT2D eigenvalue weighted by Gasteiger charge is -2.16. The summed E-state index contributed by atoms with van der Waals surface area (Å²) in [7, 11) is 6.33. The van der Waals surface area contributed by atoms with Gasteiger partial charge in [-0.1, -0.05) is 0 Å². The number of ether oxygens (including phenoxy) is 4. The molecule has 0 atom stereocenters. The van der Waals surface area contributed by atoms with Crippen molar-refractivity contribution in [2.45, 2.75) is 6.92 Å². The second-order valence-electron chi connectivity index (χ2n) is 6.75. The Morgan fingerprint density at radius 1 is 0.767 bits per heavy atom. The van der Waals surface area contributed by atoms with Gasteiger partial charge in [-0.2, -0.15) is 0 Å². The molecule has 7 nitrogen and oxygen atoms in total. The van der Waals surface area contributed by atoms with Crippen LogP contribution in [-0.4, -0.2) is 43.9 Å². The van der Waals surface area contributed by atoms with E-state index in [0.29, 0.717) is 34.4 Å². The number of aryl methyl sites for hydroxylation is 1. The first kappa shape index (κ1) is 19.6. The second-order valence-corrected chi connectivity index (χ2v) is 6.75. The van der Waals surface area contributed by atoms with E-state index in [9.17, 15) is 4.79 Å². The summed E-state index contributed by atoms with van der Waals surface area (Å²) in [6.07, 6.45) is 3.26. The van der Waals surface area contributed by atoms with Gasteiger partial charge >= 0.3 is 0 Å². The standard InChI is InChI=1S/C23H22N2O5/c1-13-24-6-7-25(13)23(26)18-8-14-9-19(27-2)20(28-3)10-15(14)16-11-21(29-4)22(30-5)12-17(16)18/h6-12H,1-5H3. The largest absolute Gasteiger partial charge is 0.493 e. The molecular weight excluding hydrogens is 384 g/mol. The lowest BCUT2D eigenvalue weighted by Crippen LogP contribution is -2.13. The predicted molar refractivity (Wildman–Crippen MR) is 114 cm³/mol. The van der Waals surface area contributed by atoms with E-state index in [1.54, 1.807) is 47.8 Å². The molecule has 3 aromatic carbocycles. The lowest BCUT2D eigenvalue weighted by molar-refractivity contribution is 0.0959. The van der Waals surface area contributed by atoms with Crippen LogP contribution in [0.2, 0.25) is 0 Å². The van der Waals surface area contributed by atoms with Crippen molar-refractivity contribution < 1.29 is 23.7 Å². The molecule has 0 spiro atoms. The maximum Gasteiger partial charge on any atom is 0.263 e. The van der Waals surface area contributed by atoms with Gasteiger partial charge in [-0.3, -0.25) is 9.36 Å². The molecule has 0 unspecified atom stereocenters. The van der Waals surface area contributed by atoms with Gasteiger partial charge in [0, 0.05) is 18.0 Å². The van der Waals surface area contributed by atoms with Crippen molar-refractivity contribution in [2.75, 3.05) is 28.4 Å². The van der Waals surface area contributed by atoms with Crippen molar-refractivity contribution in [1.29, 1.82) is 0 Å². The van der Waals surface area contributed by atoms with Gasteiger partial charge in [0.2, 0.25) is 0 Å². The molecule has 4 aromatic rings. The van der Waals surface area contributed by atoms with Gasteiger partial charge in [0.15, 0.2) is 23.0 Å². The van der Waals surface area contributed by atoms with E-state index in [0.717, 1.165) is 21.5 Å². The Kier molecular flexibility index (Phi) is 4.95. The van der Waals surface area contributed by atoms with Crippen LogP contribution < -0.4 is 18.9 Å². The fourth-order valence-electron chi connectivity index (χ4n) is 3.70. The Balaban J connectivity index is 2.13. The van der Waals surface area contributed by atoms with E-state index < -0.39 is 0 Å². The minimum Gasteiger partial charge on any atom is -0.493 e. The van der Waals surface area contributed by atoms with Crippen LogP contribution in [0.25, 0.3) is 21.5 Å². The molecule has 1 aromatic heterocycles. The van der Waals surface area contributed by atoms with Crippen molar-refractivity contribution >= 4 is 27.5 Å². The molecule has 0 fully saturated rings. The minimum atomic E-state index is -0.182. The van der Waals surface area contributed by atoms with Crippen molar-refractivity contribution in [1.82, 2.24) is 9.55 Å². The third-order valence-electron chi connectivity index (χ3n) is 5.23. The molecule has 0 radical (unpaired) electrons. The van der Waals surface area contributed by atoms with Crippen molar-refractivity contribution in [3.8, 4) is 23.0 Å². The Morgan fingerprint density at radius 3 is 1.83 bits per heavy atom. The van der Waals surface area contributed by atoms with Crippen LogP contribution in [-0.2, 0) is 0 Å². The minimum absolute atomic E-state index is 0.182. The topological polar surface area (TPSA) is 71.8 Å². The zero-order chi connectivity index (χ0) is 21.4. The third kappa shape index (κ3) is 2.99. The quantitative estimate of drug-likeness (QED) is 0.462. The zero-order valence-corrected chi connectivity index (χ0v) is 17.5. The molecule has 4 rings (SSSR count). The molecule has 0 bridgehead atoms. The van der Waals surface area contributed by atoms with Gasteiger partial charge in [0.05, 0.1) is 28.4 Å². The van der Waals surface area contributed by atoms with Gasteiger partial charge in [0.25, 0.3) is 5.91 Å². The number of benzene rings is 3. The molecule has 0 amide bonds. The SMILES string of the molecule is COc1cc2cc(C(=O)n3ccnc3C)c3cc(OC)c(OC)cc3c2cc1OC. The van der Waals surface area contributed by atoms with E-state index in [1.165, 1.54) is 4.57 Å². The van der Waals surface area contributed by atoms with Gasteiger partial charge in [-0.25, -0.2) is 4.98 Å². The first-order valence-corrected chi connectivity index (χ1v) is 9.31. The highest BCUT2D eigenvalue weighted by atomic mass is 16.5. The average Bonchev–Trinajstić information content (AvgIpc) is 3.21. The van der Waals surface area contributed by atoms with Gasteiger partial charge in [0.1, 0.15) is 5.82 Å². The summed E-state index contributed by atoms with van der Waals surface area (Å²) in [5, 5.41) is 3.33. The van der Waals surface area contributed by atoms with Crippen LogP contribution in [0.4, 0.5) is 0 Å². The average molecular weight is 406 g/mol. The van der Waals surface area contributed by atoms with Gasteiger partial charge in [-0.05, 0) is 58.8 Å². The number of fused-ring (bicyclic) bond motifs is 3. The third-order valence-corrected chi connectivity index (χ3v) is 5.23. The Morgan fingerprint density at radius 2 is 1.30 bits per heavy atom. The van der Waals surface area contributed by atoms with Crippen LogP contribution in [0, 0.1) is 6.92 Å². The number of imidazole rings is 1. The molecule has 1 heterocycles. The number of carbonyl (C=O) groups is 1. The summed E-state index contributed by atoms with van der Waals surface area (Å²) < 4.78 is 23.5. The van der Waals surface area contributed by atoms with E-state index >= 15 is 0 Å². The first-order chi connectivity index (χ1) is 14.5. The number of nitrogens with zero attached hydrogens (tertiary/aromatic N) is 2. The van der Waals surface area contributed by atoms with Crippen LogP contribution in [0.5, 0.6) is 23.0 Å². The molecule has 0 N–H and O–H groups in total. The van der Waals surface area contributed by atoms with Crippen LogP contribution in [0.15, 0.2) is 42.7 Å². The smallest absolute Gasteiger partial charge is 0.263 e. The highest BCUT2D eigenvalue weighted by Gasteiger charge is 2.20. The zero-order valence-electron chi connectivity index (χ0n) is 17.5. The van der Waals surface area contributed by atoms with Crippen molar-refractivity contribution in [3.05, 3.63) is 54.1 Å². The summed E-state index contributed by atoms with van der Waals surface area (Å²) in [4.78, 5) is 17.6. The Bertz CT molecular complexity index is 1280. The number of methoxy groups -OCH3 is 4. The number of hydrogen-bond acceptors (Lipinski definition) is 6. The monoisotopic (exact) mass is 406 g/mol. The molecular formula is C23H22N2O5. The fraction of sp³-hybridized carbons (Fsp3) is 0.217. The van der Waals surface area contributed by atoms with Crippen LogP contribution in [0.3, 0.4) is 0 Å². The maximum absolute atomic E-state index is 13.4. The van der Waals surface area contributed by atoms with E-state index in [4.69, 9.17) is 18.9 Å². The summed E-state index contributed by atoms with van der Waals surface area (Å²) >= 11 is 0. The lowest BCUT2D eigenvalue weighted by atomic mass is 9.95. The summed E-state index contributed by atoms with van der Waals surface area (Å²) in [6.45, 7) is 1.79. The van der Waals surface area contributed by atoms with Gasteiger partial charge in [-0.15, -0.1) is 0 Å². The summed E-state index contributed by atoms with van der Waals surface area (Å²) in [5.41, 5.74) is 0.520. The fourth-order valence-corrected chi connectivity index (χ4v) is 3.70. The molecule has 30 heavy (non-hydrogen) atoms. The van der Waals surface area contributed by atoms with Crippen molar-refractivity contribution in [3.63, 3.8) is 0 Å². The molecule has 0 saturated carbocycles. The summed E-state index contributed by atoms with van der Waals surface area (Å²) in [5.74, 6) is 2.73. The summed E-state index contributed by atoms with van der Waals surface area (Å²) in [6, 6.07) is 9.32.